The number of hydrogen-bond acceptors (Lipinski definition) is 2. The van der Waals surface area contributed by atoms with Crippen molar-refractivity contribution in [2.45, 2.75) is 44.2 Å². The quantitative estimate of drug-likeness (QED) is 0.881. The van der Waals surface area contributed by atoms with Gasteiger partial charge < -0.3 is 10.6 Å². The smallest absolute Gasteiger partial charge is 0.241 e. The number of halogens is 2. The van der Waals surface area contributed by atoms with Crippen molar-refractivity contribution < 1.29 is 9.18 Å². The molecule has 0 radical (unpaired) electrons. The molecule has 2 fully saturated rings. The second-order valence-corrected chi connectivity index (χ2v) is 5.58. The highest BCUT2D eigenvalue weighted by Gasteiger charge is 2.38. The number of hydrogen-bond donors (Lipinski definition) is 2. The summed E-state index contributed by atoms with van der Waals surface area (Å²) in [5.74, 6) is 0.121. The number of rotatable bonds is 2. The fourth-order valence-corrected chi connectivity index (χ4v) is 3.30. The van der Waals surface area contributed by atoms with Crippen LogP contribution < -0.4 is 10.6 Å². The number of nitrogens with one attached hydrogen (secondary N) is 2. The Morgan fingerprint density at radius 3 is 2.75 bits per heavy atom. The van der Waals surface area contributed by atoms with E-state index in [0.29, 0.717) is 12.0 Å². The lowest BCUT2D eigenvalue weighted by Crippen LogP contribution is -2.40. The fourth-order valence-electron chi connectivity index (χ4n) is 3.30. The Bertz CT molecular complexity index is 469. The Balaban J connectivity index is 0.00000147. The van der Waals surface area contributed by atoms with Crippen LogP contribution in [0.5, 0.6) is 0 Å². The molecule has 2 aliphatic rings. The van der Waals surface area contributed by atoms with Crippen LogP contribution in [0.1, 0.15) is 32.1 Å². The summed E-state index contributed by atoms with van der Waals surface area (Å²) >= 11 is 0. The maximum Gasteiger partial charge on any atom is 0.241 e. The van der Waals surface area contributed by atoms with Gasteiger partial charge in [-0.15, -0.1) is 12.4 Å². The van der Waals surface area contributed by atoms with Crippen molar-refractivity contribution in [2.75, 3.05) is 5.32 Å². The van der Waals surface area contributed by atoms with Gasteiger partial charge >= 0.3 is 0 Å². The molecule has 5 heteroatoms. The van der Waals surface area contributed by atoms with Gasteiger partial charge in [0.05, 0.1) is 11.7 Å². The minimum Gasteiger partial charge on any atom is -0.322 e. The van der Waals surface area contributed by atoms with Gasteiger partial charge in [-0.3, -0.25) is 4.79 Å². The lowest BCUT2D eigenvalue weighted by molar-refractivity contribution is -0.117. The maximum atomic E-state index is 13.5. The maximum absolute atomic E-state index is 13.5. The molecule has 3 atom stereocenters. The monoisotopic (exact) mass is 298 g/mol. The van der Waals surface area contributed by atoms with Crippen LogP contribution in [0.2, 0.25) is 0 Å². The van der Waals surface area contributed by atoms with Gasteiger partial charge in [-0.1, -0.05) is 25.0 Å². The number of para-hydroxylation sites is 1. The molecule has 1 aromatic carbocycles. The van der Waals surface area contributed by atoms with E-state index in [0.717, 1.165) is 12.8 Å². The molecule has 0 aromatic heterocycles. The predicted octanol–water partition coefficient (Wildman–Crippen LogP) is 3.11. The van der Waals surface area contributed by atoms with Crippen LogP contribution >= 0.6 is 12.4 Å². The van der Waals surface area contributed by atoms with Crippen LogP contribution in [0.25, 0.3) is 0 Å². The molecule has 3 nitrogen and oxygen atoms in total. The Hall–Kier alpha value is -1.13. The highest BCUT2D eigenvalue weighted by Crippen LogP contribution is 2.33. The highest BCUT2D eigenvalue weighted by molar-refractivity contribution is 5.95. The molecule has 0 spiro atoms. The van der Waals surface area contributed by atoms with Gasteiger partial charge in [0.25, 0.3) is 0 Å². The molecule has 1 aliphatic heterocycles. The van der Waals surface area contributed by atoms with Crippen LogP contribution in [-0.4, -0.2) is 18.0 Å². The van der Waals surface area contributed by atoms with Gasteiger partial charge in [0.1, 0.15) is 5.82 Å². The average molecular weight is 299 g/mol. The van der Waals surface area contributed by atoms with E-state index in [4.69, 9.17) is 0 Å². The number of fused-ring (bicyclic) bond motifs is 1. The summed E-state index contributed by atoms with van der Waals surface area (Å²) in [6, 6.07) is 6.60. The summed E-state index contributed by atoms with van der Waals surface area (Å²) in [4.78, 5) is 12.2. The summed E-state index contributed by atoms with van der Waals surface area (Å²) in [6.45, 7) is 0. The van der Waals surface area contributed by atoms with Gasteiger partial charge in [0, 0.05) is 6.04 Å². The van der Waals surface area contributed by atoms with E-state index in [1.165, 1.54) is 25.3 Å². The third kappa shape index (κ3) is 3.13. The molecule has 1 heterocycles. The molecule has 110 valence electrons. The summed E-state index contributed by atoms with van der Waals surface area (Å²) in [5.41, 5.74) is 0.268. The highest BCUT2D eigenvalue weighted by atomic mass is 35.5. The normalized spacial score (nSPS) is 28.4. The molecule has 1 aliphatic carbocycles. The second-order valence-electron chi connectivity index (χ2n) is 5.58. The molecule has 1 amide bonds. The number of anilines is 1. The zero-order chi connectivity index (χ0) is 13.2. The third-order valence-electron chi connectivity index (χ3n) is 4.31. The lowest BCUT2D eigenvalue weighted by atomic mass is 9.85. The SMILES string of the molecule is Cl.O=C(Nc1ccccc1F)C1CC2CCCCC2N1. The zero-order valence-electron chi connectivity index (χ0n) is 11.3. The second kappa shape index (κ2) is 6.55. The summed E-state index contributed by atoms with van der Waals surface area (Å²) in [5, 5.41) is 6.08. The Morgan fingerprint density at radius 1 is 1.25 bits per heavy atom. The zero-order valence-corrected chi connectivity index (χ0v) is 12.1. The van der Waals surface area contributed by atoms with Gasteiger partial charge in [-0.05, 0) is 37.3 Å². The standard InChI is InChI=1S/C15H19FN2O.ClH/c16-11-6-2-4-8-13(11)18-15(19)14-9-10-5-1-3-7-12(10)17-14;/h2,4,6,8,10,12,14,17H,1,3,5,7,9H2,(H,18,19);1H. The lowest BCUT2D eigenvalue weighted by Gasteiger charge is -2.24. The average Bonchev–Trinajstić information content (AvgIpc) is 2.85. The van der Waals surface area contributed by atoms with Crippen molar-refractivity contribution in [2.24, 2.45) is 5.92 Å². The fraction of sp³-hybridized carbons (Fsp3) is 0.533. The van der Waals surface area contributed by atoms with E-state index < -0.39 is 0 Å². The van der Waals surface area contributed by atoms with E-state index >= 15 is 0 Å². The van der Waals surface area contributed by atoms with Crippen molar-refractivity contribution >= 4 is 24.0 Å². The number of amides is 1. The molecule has 1 saturated carbocycles. The van der Waals surface area contributed by atoms with Crippen molar-refractivity contribution in [1.29, 1.82) is 0 Å². The van der Waals surface area contributed by atoms with Crippen LogP contribution in [0.4, 0.5) is 10.1 Å². The van der Waals surface area contributed by atoms with Crippen molar-refractivity contribution in [3.8, 4) is 0 Å². The topological polar surface area (TPSA) is 41.1 Å². The Kier molecular flexibility index (Phi) is 5.00. The predicted molar refractivity (Wildman–Crippen MR) is 79.6 cm³/mol. The van der Waals surface area contributed by atoms with Crippen LogP contribution in [0.15, 0.2) is 24.3 Å². The third-order valence-corrected chi connectivity index (χ3v) is 4.31. The van der Waals surface area contributed by atoms with Crippen LogP contribution in [0, 0.1) is 11.7 Å². The molecule has 1 saturated heterocycles. The van der Waals surface area contributed by atoms with E-state index in [9.17, 15) is 9.18 Å². The molecular formula is C15H20ClFN2O. The van der Waals surface area contributed by atoms with Crippen LogP contribution in [0.3, 0.4) is 0 Å². The number of carbonyl (C=O) groups excluding carboxylic acids is 1. The summed E-state index contributed by atoms with van der Waals surface area (Å²) < 4.78 is 13.5. The van der Waals surface area contributed by atoms with E-state index in [-0.39, 0.29) is 35.9 Å². The Labute approximate surface area is 124 Å². The van der Waals surface area contributed by atoms with Crippen molar-refractivity contribution in [3.05, 3.63) is 30.1 Å². The molecule has 1 aromatic rings. The van der Waals surface area contributed by atoms with Gasteiger partial charge in [-0.25, -0.2) is 4.39 Å². The minimum atomic E-state index is -0.383. The molecule has 3 unspecified atom stereocenters. The molecular weight excluding hydrogens is 279 g/mol. The van der Waals surface area contributed by atoms with Crippen molar-refractivity contribution in [3.63, 3.8) is 0 Å². The first kappa shape index (κ1) is 15.3. The molecule has 20 heavy (non-hydrogen) atoms. The minimum absolute atomic E-state index is 0. The van der Waals surface area contributed by atoms with Crippen molar-refractivity contribution in [1.82, 2.24) is 5.32 Å². The van der Waals surface area contributed by atoms with E-state index in [1.54, 1.807) is 18.2 Å². The van der Waals surface area contributed by atoms with E-state index in [1.807, 2.05) is 0 Å². The number of carbonyl (C=O) groups is 1. The molecule has 2 N–H and O–H groups in total. The first-order chi connectivity index (χ1) is 9.24. The van der Waals surface area contributed by atoms with Gasteiger partial charge in [0.2, 0.25) is 5.91 Å². The van der Waals surface area contributed by atoms with E-state index in [2.05, 4.69) is 10.6 Å². The summed E-state index contributed by atoms with van der Waals surface area (Å²) in [6.07, 6.45) is 5.76. The summed E-state index contributed by atoms with van der Waals surface area (Å²) in [7, 11) is 0. The Morgan fingerprint density at radius 2 is 2.00 bits per heavy atom. The first-order valence-electron chi connectivity index (χ1n) is 7.05. The molecule has 3 rings (SSSR count). The first-order valence-corrected chi connectivity index (χ1v) is 7.05. The van der Waals surface area contributed by atoms with Gasteiger partial charge in [0.15, 0.2) is 0 Å². The van der Waals surface area contributed by atoms with Crippen LogP contribution in [-0.2, 0) is 4.79 Å². The number of benzene rings is 1. The van der Waals surface area contributed by atoms with Gasteiger partial charge in [-0.2, -0.15) is 0 Å². The largest absolute Gasteiger partial charge is 0.322 e. The molecule has 0 bridgehead atoms.